The van der Waals surface area contributed by atoms with Gasteiger partial charge in [-0.3, -0.25) is 0 Å². The van der Waals surface area contributed by atoms with Crippen LogP contribution in [0.1, 0.15) is 24.5 Å². The molecule has 0 saturated heterocycles. The van der Waals surface area contributed by atoms with Crippen molar-refractivity contribution in [2.75, 3.05) is 0 Å². The molecule has 0 saturated carbocycles. The lowest BCUT2D eigenvalue weighted by Gasteiger charge is -2.13. The molecule has 0 heterocycles. The van der Waals surface area contributed by atoms with Crippen LogP contribution in [0.4, 0.5) is 0 Å². The molecular formula is C15H18Si. The summed E-state index contributed by atoms with van der Waals surface area (Å²) < 4.78 is 0. The summed E-state index contributed by atoms with van der Waals surface area (Å²) in [5.74, 6) is 0. The second-order valence-corrected chi connectivity index (χ2v) is 6.15. The van der Waals surface area contributed by atoms with Crippen molar-refractivity contribution in [1.82, 2.24) is 0 Å². The van der Waals surface area contributed by atoms with Gasteiger partial charge >= 0.3 is 0 Å². The molecule has 1 unspecified atom stereocenters. The molecule has 0 spiro atoms. The summed E-state index contributed by atoms with van der Waals surface area (Å²) in [4.78, 5) is 0. The zero-order valence-corrected chi connectivity index (χ0v) is 11.2. The molecule has 1 aliphatic rings. The Bertz CT molecular complexity index is 441. The van der Waals surface area contributed by atoms with Gasteiger partial charge in [-0.15, -0.1) is 0 Å². The van der Waals surface area contributed by atoms with E-state index in [-0.39, 0.29) is 0 Å². The minimum Gasteiger partial charge on any atom is -0.0805 e. The van der Waals surface area contributed by atoms with E-state index in [4.69, 9.17) is 0 Å². The fourth-order valence-electron chi connectivity index (χ4n) is 2.02. The standard InChI is InChI=1S/C15H18Si/c1-11-7-6-10-15(12(11)2)16-13(3)14-8-4-5-9-14/h4,6-10,13H,5H2,1-3H3. The van der Waals surface area contributed by atoms with Gasteiger partial charge < -0.3 is 0 Å². The minimum absolute atomic E-state index is 0.666. The normalized spacial score (nSPS) is 16.3. The topological polar surface area (TPSA) is 0 Å². The summed E-state index contributed by atoms with van der Waals surface area (Å²) in [5, 5.41) is 1.52. The average Bonchev–Trinajstić information content (AvgIpc) is 2.78. The lowest BCUT2D eigenvalue weighted by Crippen LogP contribution is -2.22. The Morgan fingerprint density at radius 3 is 2.75 bits per heavy atom. The van der Waals surface area contributed by atoms with E-state index < -0.39 is 0 Å². The summed E-state index contributed by atoms with van der Waals surface area (Å²) in [7, 11) is 0.888. The number of hydrogen-bond donors (Lipinski definition) is 0. The van der Waals surface area contributed by atoms with Crippen LogP contribution in [0.2, 0.25) is 5.54 Å². The predicted octanol–water partition coefficient (Wildman–Crippen LogP) is 3.33. The zero-order valence-electron chi connectivity index (χ0n) is 10.2. The third-order valence-electron chi connectivity index (χ3n) is 3.28. The number of hydrogen-bond acceptors (Lipinski definition) is 0. The molecule has 1 heteroatoms. The maximum atomic E-state index is 2.35. The average molecular weight is 226 g/mol. The van der Waals surface area contributed by atoms with Crippen LogP contribution < -0.4 is 5.19 Å². The molecule has 2 radical (unpaired) electrons. The maximum absolute atomic E-state index is 2.35. The molecule has 0 nitrogen and oxygen atoms in total. The first kappa shape index (κ1) is 11.4. The Morgan fingerprint density at radius 2 is 2.06 bits per heavy atom. The highest BCUT2D eigenvalue weighted by Gasteiger charge is 2.12. The molecule has 2 rings (SSSR count). The third-order valence-corrected chi connectivity index (χ3v) is 4.90. The first-order valence-electron chi connectivity index (χ1n) is 5.88. The Kier molecular flexibility index (Phi) is 3.45. The molecule has 16 heavy (non-hydrogen) atoms. The molecule has 1 aromatic rings. The van der Waals surface area contributed by atoms with E-state index in [9.17, 15) is 0 Å². The van der Waals surface area contributed by atoms with E-state index in [0.29, 0.717) is 5.54 Å². The van der Waals surface area contributed by atoms with E-state index in [1.54, 1.807) is 0 Å². The van der Waals surface area contributed by atoms with Crippen LogP contribution in [0.5, 0.6) is 0 Å². The van der Waals surface area contributed by atoms with Gasteiger partial charge in [-0.25, -0.2) is 0 Å². The van der Waals surface area contributed by atoms with Gasteiger partial charge in [-0.1, -0.05) is 54.1 Å². The maximum Gasteiger partial charge on any atom is 0.0891 e. The van der Waals surface area contributed by atoms with Crippen molar-refractivity contribution >= 4 is 14.7 Å². The summed E-state index contributed by atoms with van der Waals surface area (Å²) in [6, 6.07) is 6.65. The summed E-state index contributed by atoms with van der Waals surface area (Å²) in [6.07, 6.45) is 8.00. The van der Waals surface area contributed by atoms with Gasteiger partial charge in [0, 0.05) is 0 Å². The smallest absolute Gasteiger partial charge is 0.0805 e. The van der Waals surface area contributed by atoms with Gasteiger partial charge in [0.15, 0.2) is 0 Å². The predicted molar refractivity (Wildman–Crippen MR) is 72.6 cm³/mol. The first-order valence-corrected chi connectivity index (χ1v) is 6.95. The Morgan fingerprint density at radius 1 is 1.25 bits per heavy atom. The Labute approximate surface area is 101 Å². The van der Waals surface area contributed by atoms with Crippen molar-refractivity contribution in [3.05, 3.63) is 53.1 Å². The number of allylic oxidation sites excluding steroid dienone is 4. The molecule has 1 aliphatic carbocycles. The molecule has 0 N–H and O–H groups in total. The molecule has 1 aromatic carbocycles. The summed E-state index contributed by atoms with van der Waals surface area (Å²) in [6.45, 7) is 6.77. The van der Waals surface area contributed by atoms with E-state index >= 15 is 0 Å². The highest BCUT2D eigenvalue weighted by molar-refractivity contribution is 6.56. The number of rotatable bonds is 3. The molecule has 1 atom stereocenters. The lowest BCUT2D eigenvalue weighted by atomic mass is 10.1. The van der Waals surface area contributed by atoms with Gasteiger partial charge in [0.05, 0.1) is 9.52 Å². The van der Waals surface area contributed by atoms with Gasteiger partial charge in [0.25, 0.3) is 0 Å². The summed E-state index contributed by atoms with van der Waals surface area (Å²) in [5.41, 5.74) is 5.06. The van der Waals surface area contributed by atoms with Crippen molar-refractivity contribution in [3.63, 3.8) is 0 Å². The van der Waals surface area contributed by atoms with Gasteiger partial charge in [0.1, 0.15) is 0 Å². The first-order chi connectivity index (χ1) is 7.68. The van der Waals surface area contributed by atoms with E-state index in [2.05, 4.69) is 57.2 Å². The molecule has 0 fully saturated rings. The van der Waals surface area contributed by atoms with Crippen molar-refractivity contribution in [2.24, 2.45) is 0 Å². The molecule has 0 amide bonds. The number of aryl methyl sites for hydroxylation is 1. The van der Waals surface area contributed by atoms with Crippen LogP contribution in [0.3, 0.4) is 0 Å². The fraction of sp³-hybridized carbons (Fsp3) is 0.333. The largest absolute Gasteiger partial charge is 0.0891 e. The minimum atomic E-state index is 0.666. The number of benzene rings is 1. The van der Waals surface area contributed by atoms with Gasteiger partial charge in [0.2, 0.25) is 0 Å². The molecule has 0 bridgehead atoms. The Hall–Kier alpha value is -1.08. The highest BCUT2D eigenvalue weighted by atomic mass is 28.2. The van der Waals surface area contributed by atoms with Crippen molar-refractivity contribution in [1.29, 1.82) is 0 Å². The molecule has 82 valence electrons. The quantitative estimate of drug-likeness (QED) is 0.694. The van der Waals surface area contributed by atoms with Crippen LogP contribution >= 0.6 is 0 Å². The Balaban J connectivity index is 2.14. The fourth-order valence-corrected chi connectivity index (χ4v) is 3.47. The van der Waals surface area contributed by atoms with Gasteiger partial charge in [-0.2, -0.15) is 0 Å². The lowest BCUT2D eigenvalue weighted by molar-refractivity contribution is 1.13. The molecule has 0 aromatic heterocycles. The van der Waals surface area contributed by atoms with Crippen LogP contribution in [0.15, 0.2) is 42.0 Å². The van der Waals surface area contributed by atoms with Crippen molar-refractivity contribution in [2.45, 2.75) is 32.7 Å². The van der Waals surface area contributed by atoms with Crippen molar-refractivity contribution in [3.8, 4) is 0 Å². The molecular weight excluding hydrogens is 208 g/mol. The van der Waals surface area contributed by atoms with Crippen LogP contribution in [0.25, 0.3) is 0 Å². The van der Waals surface area contributed by atoms with E-state index in [1.165, 1.54) is 21.9 Å². The molecule has 0 aliphatic heterocycles. The monoisotopic (exact) mass is 226 g/mol. The van der Waals surface area contributed by atoms with Crippen molar-refractivity contribution < 1.29 is 0 Å². The third kappa shape index (κ3) is 2.35. The van der Waals surface area contributed by atoms with Crippen LogP contribution in [-0.2, 0) is 0 Å². The van der Waals surface area contributed by atoms with Crippen LogP contribution in [-0.4, -0.2) is 9.52 Å². The SMILES string of the molecule is Cc1cccc([Si]C(C)C2=CCC=C2)c1C. The zero-order chi connectivity index (χ0) is 11.5. The van der Waals surface area contributed by atoms with E-state index in [1.807, 2.05) is 0 Å². The highest BCUT2D eigenvalue weighted by Crippen LogP contribution is 2.22. The van der Waals surface area contributed by atoms with Gasteiger partial charge in [-0.05, 0) is 36.9 Å². The summed E-state index contributed by atoms with van der Waals surface area (Å²) >= 11 is 0. The van der Waals surface area contributed by atoms with Crippen LogP contribution in [0, 0.1) is 13.8 Å². The second kappa shape index (κ2) is 4.83. The van der Waals surface area contributed by atoms with E-state index in [0.717, 1.165) is 15.9 Å². The second-order valence-electron chi connectivity index (χ2n) is 4.46.